The first-order chi connectivity index (χ1) is 7.16. The van der Waals surface area contributed by atoms with Gasteiger partial charge in [0.25, 0.3) is 0 Å². The number of carboxylic acid groups (broad SMARTS) is 1. The molecule has 1 saturated heterocycles. The summed E-state index contributed by atoms with van der Waals surface area (Å²) in [6, 6.07) is 0. The normalized spacial score (nSPS) is 16.5. The Kier molecular flexibility index (Phi) is 2.86. The summed E-state index contributed by atoms with van der Waals surface area (Å²) >= 11 is 1.68. The maximum absolute atomic E-state index is 10.5. The number of likely N-dealkylation sites (tertiary alicyclic amines) is 1. The van der Waals surface area contributed by atoms with E-state index in [1.807, 2.05) is 17.8 Å². The maximum Gasteiger partial charge on any atom is 0.407 e. The van der Waals surface area contributed by atoms with Crippen molar-refractivity contribution in [2.75, 3.05) is 18.8 Å². The van der Waals surface area contributed by atoms with Crippen LogP contribution in [-0.2, 0) is 7.05 Å². The summed E-state index contributed by atoms with van der Waals surface area (Å²) in [5.41, 5.74) is 0. The second kappa shape index (κ2) is 4.14. The maximum atomic E-state index is 10.5. The number of nitrogens with zero attached hydrogens (tertiary/aromatic N) is 3. The molecule has 1 aromatic heterocycles. The van der Waals surface area contributed by atoms with E-state index in [2.05, 4.69) is 4.98 Å². The number of hydrogen-bond acceptors (Lipinski definition) is 3. The van der Waals surface area contributed by atoms with Gasteiger partial charge in [-0.3, -0.25) is 0 Å². The van der Waals surface area contributed by atoms with Crippen LogP contribution >= 0.6 is 11.8 Å². The molecule has 0 bridgehead atoms. The van der Waals surface area contributed by atoms with Gasteiger partial charge in [-0.05, 0) is 0 Å². The molecule has 1 fully saturated rings. The number of aromatic nitrogens is 2. The number of thioether (sulfide) groups is 1. The van der Waals surface area contributed by atoms with Gasteiger partial charge < -0.3 is 14.6 Å². The van der Waals surface area contributed by atoms with Crippen LogP contribution in [0.2, 0.25) is 0 Å². The molecular formula is C9H13N3O2S. The summed E-state index contributed by atoms with van der Waals surface area (Å²) in [6.45, 7) is 1.32. The molecule has 0 aromatic carbocycles. The van der Waals surface area contributed by atoms with Crippen molar-refractivity contribution in [2.45, 2.75) is 5.16 Å². The number of amides is 1. The van der Waals surface area contributed by atoms with Crippen molar-refractivity contribution < 1.29 is 9.90 Å². The van der Waals surface area contributed by atoms with E-state index in [1.165, 1.54) is 4.90 Å². The smallest absolute Gasteiger partial charge is 0.407 e. The average molecular weight is 227 g/mol. The molecular weight excluding hydrogens is 214 g/mol. The van der Waals surface area contributed by atoms with Crippen molar-refractivity contribution in [1.82, 2.24) is 14.5 Å². The zero-order valence-electron chi connectivity index (χ0n) is 8.46. The number of imidazole rings is 1. The van der Waals surface area contributed by atoms with Gasteiger partial charge in [0.15, 0.2) is 5.16 Å². The van der Waals surface area contributed by atoms with Crippen molar-refractivity contribution in [1.29, 1.82) is 0 Å². The second-order valence-corrected chi connectivity index (χ2v) is 4.67. The Morgan fingerprint density at radius 1 is 1.73 bits per heavy atom. The van der Waals surface area contributed by atoms with Gasteiger partial charge in [0.2, 0.25) is 0 Å². The van der Waals surface area contributed by atoms with Crippen LogP contribution in [0.5, 0.6) is 0 Å². The molecule has 82 valence electrons. The lowest BCUT2D eigenvalue weighted by Crippen LogP contribution is -2.50. The van der Waals surface area contributed by atoms with Crippen LogP contribution in [0.15, 0.2) is 17.6 Å². The molecule has 1 N–H and O–H groups in total. The van der Waals surface area contributed by atoms with Gasteiger partial charge in [0.1, 0.15) is 0 Å². The molecule has 0 unspecified atom stereocenters. The van der Waals surface area contributed by atoms with E-state index in [0.717, 1.165) is 10.9 Å². The van der Waals surface area contributed by atoms with Gasteiger partial charge >= 0.3 is 6.09 Å². The minimum absolute atomic E-state index is 0.475. The highest BCUT2D eigenvalue weighted by molar-refractivity contribution is 7.99. The third-order valence-corrected chi connectivity index (χ3v) is 3.74. The third-order valence-electron chi connectivity index (χ3n) is 2.45. The number of hydrogen-bond donors (Lipinski definition) is 1. The number of rotatable bonds is 3. The minimum Gasteiger partial charge on any atom is -0.465 e. The Morgan fingerprint density at radius 2 is 2.47 bits per heavy atom. The average Bonchev–Trinajstić information content (AvgIpc) is 2.48. The Bertz CT molecular complexity index is 360. The topological polar surface area (TPSA) is 58.4 Å². The van der Waals surface area contributed by atoms with E-state index in [4.69, 9.17) is 5.11 Å². The van der Waals surface area contributed by atoms with Crippen molar-refractivity contribution in [2.24, 2.45) is 13.0 Å². The van der Waals surface area contributed by atoms with Crippen molar-refractivity contribution in [3.05, 3.63) is 12.4 Å². The second-order valence-electron chi connectivity index (χ2n) is 3.69. The summed E-state index contributed by atoms with van der Waals surface area (Å²) in [6.07, 6.45) is 2.87. The molecule has 5 nitrogen and oxygen atoms in total. The van der Waals surface area contributed by atoms with Crippen LogP contribution in [0.25, 0.3) is 0 Å². The van der Waals surface area contributed by atoms with E-state index in [-0.39, 0.29) is 0 Å². The summed E-state index contributed by atoms with van der Waals surface area (Å²) in [5, 5.41) is 9.64. The predicted octanol–water partition coefficient (Wildman–Crippen LogP) is 1.12. The van der Waals surface area contributed by atoms with Gasteiger partial charge in [0, 0.05) is 44.2 Å². The third kappa shape index (κ3) is 2.26. The molecule has 0 atom stereocenters. The van der Waals surface area contributed by atoms with Crippen LogP contribution in [0.4, 0.5) is 4.79 Å². The van der Waals surface area contributed by atoms with E-state index < -0.39 is 6.09 Å². The van der Waals surface area contributed by atoms with E-state index in [1.54, 1.807) is 18.0 Å². The van der Waals surface area contributed by atoms with E-state index in [0.29, 0.717) is 19.0 Å². The van der Waals surface area contributed by atoms with Gasteiger partial charge in [0.05, 0.1) is 0 Å². The fourth-order valence-corrected chi connectivity index (χ4v) is 2.51. The molecule has 1 aliphatic rings. The zero-order valence-corrected chi connectivity index (χ0v) is 9.28. The molecule has 0 aliphatic carbocycles. The lowest BCUT2D eigenvalue weighted by Gasteiger charge is -2.36. The van der Waals surface area contributed by atoms with Gasteiger partial charge in [-0.1, -0.05) is 11.8 Å². The zero-order chi connectivity index (χ0) is 10.8. The van der Waals surface area contributed by atoms with Gasteiger partial charge in [-0.2, -0.15) is 0 Å². The van der Waals surface area contributed by atoms with Crippen LogP contribution in [0.1, 0.15) is 0 Å². The van der Waals surface area contributed by atoms with Crippen LogP contribution < -0.4 is 0 Å². The first kappa shape index (κ1) is 10.4. The fraction of sp³-hybridized carbons (Fsp3) is 0.556. The molecule has 1 amide bonds. The van der Waals surface area contributed by atoms with Crippen molar-refractivity contribution in [3.8, 4) is 0 Å². The first-order valence-electron chi connectivity index (χ1n) is 4.75. The standard InChI is InChI=1S/C9H13N3O2S/c1-11-3-2-10-8(11)15-6-7-4-12(5-7)9(13)14/h2-3,7H,4-6H2,1H3,(H,13,14). The molecule has 0 radical (unpaired) electrons. The summed E-state index contributed by atoms with van der Waals surface area (Å²) < 4.78 is 1.97. The van der Waals surface area contributed by atoms with Crippen LogP contribution in [-0.4, -0.2) is 44.5 Å². The van der Waals surface area contributed by atoms with E-state index >= 15 is 0 Å². The monoisotopic (exact) mass is 227 g/mol. The molecule has 15 heavy (non-hydrogen) atoms. The summed E-state index contributed by atoms with van der Waals surface area (Å²) in [7, 11) is 1.96. The first-order valence-corrected chi connectivity index (χ1v) is 5.73. The van der Waals surface area contributed by atoms with Crippen LogP contribution in [0.3, 0.4) is 0 Å². The lowest BCUT2D eigenvalue weighted by atomic mass is 10.0. The minimum atomic E-state index is -0.812. The molecule has 2 rings (SSSR count). The van der Waals surface area contributed by atoms with Gasteiger partial charge in [-0.15, -0.1) is 0 Å². The number of aryl methyl sites for hydroxylation is 1. The highest BCUT2D eigenvalue weighted by Gasteiger charge is 2.30. The molecule has 1 aromatic rings. The Balaban J connectivity index is 1.73. The molecule has 0 saturated carbocycles. The highest BCUT2D eigenvalue weighted by atomic mass is 32.2. The predicted molar refractivity (Wildman–Crippen MR) is 57.0 cm³/mol. The largest absolute Gasteiger partial charge is 0.465 e. The summed E-state index contributed by atoms with van der Waals surface area (Å²) in [5.74, 6) is 1.41. The van der Waals surface area contributed by atoms with Gasteiger partial charge in [-0.25, -0.2) is 9.78 Å². The quantitative estimate of drug-likeness (QED) is 0.786. The van der Waals surface area contributed by atoms with Crippen molar-refractivity contribution >= 4 is 17.9 Å². The molecule has 1 aliphatic heterocycles. The number of carbonyl (C=O) groups is 1. The Labute approximate surface area is 92.1 Å². The Morgan fingerprint density at radius 3 is 3.00 bits per heavy atom. The van der Waals surface area contributed by atoms with Crippen molar-refractivity contribution in [3.63, 3.8) is 0 Å². The van der Waals surface area contributed by atoms with E-state index in [9.17, 15) is 4.79 Å². The lowest BCUT2D eigenvalue weighted by molar-refractivity contribution is 0.0900. The molecule has 0 spiro atoms. The molecule has 6 heteroatoms. The summed E-state index contributed by atoms with van der Waals surface area (Å²) in [4.78, 5) is 16.1. The fourth-order valence-electron chi connectivity index (χ4n) is 1.51. The molecule has 2 heterocycles. The Hall–Kier alpha value is -1.17. The highest BCUT2D eigenvalue weighted by Crippen LogP contribution is 2.24. The SMILES string of the molecule is Cn1ccnc1SCC1CN(C(=O)O)C1. The van der Waals surface area contributed by atoms with Crippen LogP contribution in [0, 0.1) is 5.92 Å².